The lowest BCUT2D eigenvalue weighted by Crippen LogP contribution is -2.55. The second kappa shape index (κ2) is 13.2. The molecule has 5 rings (SSSR count). The van der Waals surface area contributed by atoms with Crippen molar-refractivity contribution in [1.29, 1.82) is 0 Å². The summed E-state index contributed by atoms with van der Waals surface area (Å²) >= 11 is 0. The molecule has 0 bridgehead atoms. The van der Waals surface area contributed by atoms with Gasteiger partial charge in [0.25, 0.3) is 0 Å². The summed E-state index contributed by atoms with van der Waals surface area (Å²) < 4.78 is 36.6. The molecule has 7 heteroatoms. The number of carbonyl (C=O) groups excluding carboxylic acids is 1. The quantitative estimate of drug-likeness (QED) is 0.127. The summed E-state index contributed by atoms with van der Waals surface area (Å²) in [4.78, 5) is 19.1. The number of aryl methyl sites for hydroxylation is 1. The first-order valence-corrected chi connectivity index (χ1v) is 16.7. The lowest BCUT2D eigenvalue weighted by Gasteiger charge is -2.32. The number of nitrogens with zero attached hydrogens (tertiary/aromatic N) is 1. The topological polar surface area (TPSA) is 84.8 Å². The average molecular weight is 597 g/mol. The summed E-state index contributed by atoms with van der Waals surface area (Å²) in [6, 6.07) is 29.8. The highest BCUT2D eigenvalue weighted by Gasteiger charge is 2.52. The summed E-state index contributed by atoms with van der Waals surface area (Å²) in [6.07, 6.45) is 3.89. The van der Waals surface area contributed by atoms with E-state index in [1.807, 2.05) is 84.9 Å². The minimum absolute atomic E-state index is 0.162. The average Bonchev–Trinajstić information content (AvgIpc) is 3.36. The molecule has 0 aliphatic carbocycles. The first kappa shape index (κ1) is 30.6. The Morgan fingerprint density at radius 1 is 0.860 bits per heavy atom. The van der Waals surface area contributed by atoms with Crippen LogP contribution < -0.4 is 4.72 Å². The van der Waals surface area contributed by atoms with Gasteiger partial charge in [-0.1, -0.05) is 113 Å². The fraction of sp³-hybridized carbons (Fsp3) is 0.333. The molecule has 1 aliphatic heterocycles. The van der Waals surface area contributed by atoms with Crippen molar-refractivity contribution in [2.75, 3.05) is 0 Å². The van der Waals surface area contributed by atoms with Crippen LogP contribution in [0.2, 0.25) is 0 Å². The minimum Gasteiger partial charge on any atom is -0.405 e. The van der Waals surface area contributed by atoms with E-state index >= 15 is 0 Å². The largest absolute Gasteiger partial charge is 0.405 e. The van der Waals surface area contributed by atoms with Crippen LogP contribution in [-0.2, 0) is 26.0 Å². The van der Waals surface area contributed by atoms with Gasteiger partial charge in [0, 0.05) is 5.56 Å². The van der Waals surface area contributed by atoms with E-state index in [0.29, 0.717) is 31.2 Å². The Morgan fingerprint density at radius 3 is 2.26 bits per heavy atom. The molecule has 1 N–H and O–H groups in total. The van der Waals surface area contributed by atoms with Gasteiger partial charge < -0.3 is 4.74 Å². The van der Waals surface area contributed by atoms with Crippen molar-refractivity contribution < 1.29 is 17.9 Å². The van der Waals surface area contributed by atoms with Gasteiger partial charge in [-0.05, 0) is 71.3 Å². The Morgan fingerprint density at radius 2 is 1.56 bits per heavy atom. The molecule has 6 nitrogen and oxygen atoms in total. The summed E-state index contributed by atoms with van der Waals surface area (Å²) in [5.74, 6) is 0.00131. The van der Waals surface area contributed by atoms with Gasteiger partial charge in [-0.2, -0.15) is 0 Å². The van der Waals surface area contributed by atoms with Crippen LogP contribution in [0.5, 0.6) is 0 Å². The predicted octanol–water partition coefficient (Wildman–Crippen LogP) is 7.57. The van der Waals surface area contributed by atoms with E-state index in [2.05, 4.69) is 25.5 Å². The zero-order valence-electron chi connectivity index (χ0n) is 25.1. The smallest absolute Gasteiger partial charge is 0.342 e. The molecule has 4 aromatic rings. The number of nitrogens with one attached hydrogen (secondary N) is 1. The van der Waals surface area contributed by atoms with Crippen LogP contribution in [-0.4, -0.2) is 31.9 Å². The molecular weight excluding hydrogens is 556 g/mol. The first-order chi connectivity index (χ1) is 20.7. The highest BCUT2D eigenvalue weighted by molar-refractivity contribution is 7.89. The van der Waals surface area contributed by atoms with Gasteiger partial charge in [0.05, 0.1) is 10.9 Å². The maximum Gasteiger partial charge on any atom is 0.342 e. The van der Waals surface area contributed by atoms with Crippen LogP contribution in [0.15, 0.2) is 107 Å². The molecule has 224 valence electrons. The fourth-order valence-corrected chi connectivity index (χ4v) is 7.02. The van der Waals surface area contributed by atoms with E-state index in [1.54, 1.807) is 12.1 Å². The molecule has 0 fully saturated rings. The Hall–Kier alpha value is -3.81. The van der Waals surface area contributed by atoms with E-state index in [9.17, 15) is 13.2 Å². The van der Waals surface area contributed by atoms with E-state index in [4.69, 9.17) is 9.73 Å². The molecule has 0 saturated heterocycles. The first-order valence-electron chi connectivity index (χ1n) is 15.2. The van der Waals surface area contributed by atoms with Gasteiger partial charge >= 0.3 is 5.97 Å². The van der Waals surface area contributed by atoms with Crippen LogP contribution in [0, 0.1) is 0 Å². The number of carbonyl (C=O) groups is 1. The van der Waals surface area contributed by atoms with Crippen LogP contribution in [0.1, 0.15) is 75.5 Å². The minimum atomic E-state index is -3.97. The molecule has 0 unspecified atom stereocenters. The van der Waals surface area contributed by atoms with Crippen LogP contribution >= 0.6 is 0 Å². The lowest BCUT2D eigenvalue weighted by molar-refractivity contribution is -0.140. The van der Waals surface area contributed by atoms with Gasteiger partial charge in [-0.15, -0.1) is 0 Å². The number of cyclic esters (lactones) is 1. The highest BCUT2D eigenvalue weighted by atomic mass is 32.2. The summed E-state index contributed by atoms with van der Waals surface area (Å²) in [5, 5.41) is 2.08. The Kier molecular flexibility index (Phi) is 9.43. The van der Waals surface area contributed by atoms with Gasteiger partial charge in [-0.3, -0.25) is 0 Å². The molecule has 43 heavy (non-hydrogen) atoms. The van der Waals surface area contributed by atoms with Gasteiger partial charge in [0.2, 0.25) is 15.9 Å². The predicted molar refractivity (Wildman–Crippen MR) is 173 cm³/mol. The molecule has 0 amide bonds. The maximum absolute atomic E-state index is 14.0. The third kappa shape index (κ3) is 6.89. The highest BCUT2D eigenvalue weighted by Crippen LogP contribution is 2.36. The number of ether oxygens (including phenoxy) is 1. The zero-order chi connectivity index (χ0) is 30.5. The summed E-state index contributed by atoms with van der Waals surface area (Å²) in [7, 11) is -3.97. The Bertz CT molecular complexity index is 1700. The van der Waals surface area contributed by atoms with E-state index in [1.165, 1.54) is 0 Å². The number of benzene rings is 4. The molecule has 0 aromatic heterocycles. The zero-order valence-corrected chi connectivity index (χ0v) is 25.9. The second-order valence-electron chi connectivity index (χ2n) is 11.7. The van der Waals surface area contributed by atoms with E-state index in [-0.39, 0.29) is 16.7 Å². The molecule has 1 heterocycles. The van der Waals surface area contributed by atoms with Crippen molar-refractivity contribution in [3.63, 3.8) is 0 Å². The molecular formula is C36H40N2O4S. The fourth-order valence-electron chi connectivity index (χ4n) is 5.71. The number of sulfonamides is 1. The monoisotopic (exact) mass is 596 g/mol. The van der Waals surface area contributed by atoms with Crippen molar-refractivity contribution in [3.05, 3.63) is 114 Å². The van der Waals surface area contributed by atoms with Crippen molar-refractivity contribution >= 4 is 32.7 Å². The molecule has 0 radical (unpaired) electrons. The normalized spacial score (nSPS) is 17.7. The van der Waals surface area contributed by atoms with Crippen molar-refractivity contribution in [2.24, 2.45) is 4.99 Å². The van der Waals surface area contributed by atoms with Crippen LogP contribution in [0.3, 0.4) is 0 Å². The SMILES string of the molecule is CCCCC[C@@]1([C@H](CCc2ccccc2)NS(=O)(=O)c2ccc(C(C)C)cc2)N=C(c2ccc3ccccc3c2)OC1=O. The van der Waals surface area contributed by atoms with Gasteiger partial charge in [0.1, 0.15) is 0 Å². The number of hydrogen-bond donors (Lipinski definition) is 1. The number of rotatable bonds is 13. The van der Waals surface area contributed by atoms with Crippen LogP contribution in [0.4, 0.5) is 0 Å². The Labute approximate surface area is 255 Å². The standard InChI is InChI=1S/C36H40N2O4S/c1-4-5-11-24-36(35(39)42-34(37-36)31-18-17-29-14-9-10-15-30(29)25-31)33(23-16-27-12-7-6-8-13-27)38-43(40,41)32-21-19-28(20-22-32)26(2)3/h6-10,12-15,17-22,25-26,33,38H,4-5,11,16,23-24H2,1-3H3/t33-,36-/m0/s1. The van der Waals surface area contributed by atoms with Crippen molar-refractivity contribution in [2.45, 2.75) is 81.7 Å². The maximum atomic E-state index is 14.0. The lowest BCUT2D eigenvalue weighted by atomic mass is 9.83. The third-order valence-electron chi connectivity index (χ3n) is 8.30. The third-order valence-corrected chi connectivity index (χ3v) is 9.78. The number of unbranched alkanes of at least 4 members (excludes halogenated alkanes) is 2. The summed E-state index contributed by atoms with van der Waals surface area (Å²) in [6.45, 7) is 6.23. The van der Waals surface area contributed by atoms with Crippen molar-refractivity contribution in [3.8, 4) is 0 Å². The number of hydrogen-bond acceptors (Lipinski definition) is 5. The Balaban J connectivity index is 1.56. The molecule has 2 atom stereocenters. The molecule has 1 aliphatic rings. The van der Waals surface area contributed by atoms with E-state index in [0.717, 1.165) is 34.7 Å². The van der Waals surface area contributed by atoms with Gasteiger partial charge in [0.15, 0.2) is 5.54 Å². The number of aliphatic imine (C=N–C) groups is 1. The number of esters is 1. The number of fused-ring (bicyclic) bond motifs is 1. The second-order valence-corrected chi connectivity index (χ2v) is 13.4. The molecule has 0 saturated carbocycles. The summed E-state index contributed by atoms with van der Waals surface area (Å²) in [5.41, 5.74) is 1.41. The van der Waals surface area contributed by atoms with Crippen molar-refractivity contribution in [1.82, 2.24) is 4.72 Å². The van der Waals surface area contributed by atoms with Gasteiger partial charge in [-0.25, -0.2) is 22.9 Å². The van der Waals surface area contributed by atoms with E-state index < -0.39 is 27.6 Å². The van der Waals surface area contributed by atoms with Crippen LogP contribution in [0.25, 0.3) is 10.8 Å². The molecule has 0 spiro atoms. The molecule has 4 aromatic carbocycles.